The Balaban J connectivity index is 1.72. The average Bonchev–Trinajstić information content (AvgIpc) is 3.38. The Morgan fingerprint density at radius 1 is 0.794 bits per heavy atom. The zero-order chi connectivity index (χ0) is 24.1. The number of rotatable bonds is 10. The molecule has 4 aromatic rings. The Labute approximate surface area is 218 Å². The summed E-state index contributed by atoms with van der Waals surface area (Å²) in [6, 6.07) is 15.3. The van der Waals surface area contributed by atoms with E-state index in [0.717, 1.165) is 34.9 Å². The van der Waals surface area contributed by atoms with Gasteiger partial charge >= 0.3 is 0 Å². The van der Waals surface area contributed by atoms with E-state index in [2.05, 4.69) is 113 Å². The Hall–Kier alpha value is -2.15. The van der Waals surface area contributed by atoms with Crippen LogP contribution in [0.15, 0.2) is 54.9 Å². The minimum absolute atomic E-state index is 0.320. The number of aromatic nitrogens is 4. The molecule has 2 aromatic heterocycles. The third kappa shape index (κ3) is 5.91. The molecule has 0 radical (unpaired) electrons. The van der Waals surface area contributed by atoms with E-state index in [0.29, 0.717) is 5.41 Å². The van der Waals surface area contributed by atoms with Crippen molar-refractivity contribution in [3.63, 3.8) is 0 Å². The molecule has 4 nitrogen and oxygen atoms in total. The predicted octanol–water partition coefficient (Wildman–Crippen LogP) is 8.58. The molecule has 0 atom stereocenters. The van der Waals surface area contributed by atoms with Crippen LogP contribution >= 0.6 is 22.6 Å². The second kappa shape index (κ2) is 11.1. The van der Waals surface area contributed by atoms with E-state index in [9.17, 15) is 0 Å². The molecule has 0 aliphatic heterocycles. The van der Waals surface area contributed by atoms with Gasteiger partial charge in [-0.2, -0.15) is 0 Å². The summed E-state index contributed by atoms with van der Waals surface area (Å²) in [5, 5.41) is 2.53. The first-order valence-corrected chi connectivity index (χ1v) is 13.7. The van der Waals surface area contributed by atoms with Crippen molar-refractivity contribution in [3.05, 3.63) is 58.7 Å². The molecular weight excluding hydrogens is 531 g/mol. The molecule has 0 aliphatic carbocycles. The molecule has 5 heteroatoms. The van der Waals surface area contributed by atoms with Gasteiger partial charge in [0, 0.05) is 18.7 Å². The van der Waals surface area contributed by atoms with Gasteiger partial charge in [0.1, 0.15) is 5.69 Å². The fourth-order valence-corrected chi connectivity index (χ4v) is 5.23. The van der Waals surface area contributed by atoms with E-state index >= 15 is 0 Å². The van der Waals surface area contributed by atoms with Gasteiger partial charge in [-0.1, -0.05) is 83.4 Å². The topological polar surface area (TPSA) is 35.6 Å². The van der Waals surface area contributed by atoms with Crippen molar-refractivity contribution in [2.75, 3.05) is 0 Å². The van der Waals surface area contributed by atoms with Crippen molar-refractivity contribution in [1.29, 1.82) is 0 Å². The highest BCUT2D eigenvalue weighted by atomic mass is 127. The maximum Gasteiger partial charge on any atom is 0.171 e. The smallest absolute Gasteiger partial charge is 0.171 e. The lowest BCUT2D eigenvalue weighted by molar-refractivity contribution is 0.354. The first-order chi connectivity index (χ1) is 16.4. The maximum absolute atomic E-state index is 4.98. The van der Waals surface area contributed by atoms with E-state index in [4.69, 9.17) is 4.98 Å². The third-order valence-corrected chi connectivity index (χ3v) is 7.34. The Bertz CT molecular complexity index is 1230. The minimum Gasteiger partial charge on any atom is -0.323 e. The minimum atomic E-state index is 0.320. The third-order valence-electron chi connectivity index (χ3n) is 6.48. The summed E-state index contributed by atoms with van der Waals surface area (Å²) in [4.78, 5) is 9.65. The number of benzene rings is 2. The molecule has 0 spiro atoms. The highest BCUT2D eigenvalue weighted by Crippen LogP contribution is 2.31. The number of nitrogens with zero attached hydrogens (tertiary/aromatic N) is 4. The highest BCUT2D eigenvalue weighted by Gasteiger charge is 2.19. The van der Waals surface area contributed by atoms with Gasteiger partial charge in [-0.05, 0) is 64.1 Å². The molecule has 0 N–H and O–H groups in total. The maximum atomic E-state index is 4.98. The summed E-state index contributed by atoms with van der Waals surface area (Å²) in [6.45, 7) is 11.2. The molecule has 0 unspecified atom stereocenters. The summed E-state index contributed by atoms with van der Waals surface area (Å²) < 4.78 is 5.81. The Kier molecular flexibility index (Phi) is 8.12. The summed E-state index contributed by atoms with van der Waals surface area (Å²) in [6.07, 6.45) is 11.3. The van der Waals surface area contributed by atoms with E-state index in [1.54, 1.807) is 0 Å². The summed E-state index contributed by atoms with van der Waals surface area (Å²) in [5.41, 5.74) is 3.85. The lowest BCUT2D eigenvalue weighted by Crippen LogP contribution is -2.11. The highest BCUT2D eigenvalue weighted by molar-refractivity contribution is 14.1. The van der Waals surface area contributed by atoms with Crippen LogP contribution in [0.25, 0.3) is 33.5 Å². The fourth-order valence-electron chi connectivity index (χ4n) is 4.59. The van der Waals surface area contributed by atoms with Gasteiger partial charge in [-0.15, -0.1) is 0 Å². The average molecular weight is 569 g/mol. The first-order valence-electron chi connectivity index (χ1n) is 12.6. The van der Waals surface area contributed by atoms with Crippen LogP contribution in [0.1, 0.15) is 66.2 Å². The molecular formula is C29H37IN4. The predicted molar refractivity (Wildman–Crippen MR) is 152 cm³/mol. The first kappa shape index (κ1) is 25.0. The van der Waals surface area contributed by atoms with E-state index in [1.165, 1.54) is 54.1 Å². The largest absolute Gasteiger partial charge is 0.323 e. The Morgan fingerprint density at radius 2 is 1.53 bits per heavy atom. The van der Waals surface area contributed by atoms with Crippen LogP contribution in [0, 0.1) is 9.25 Å². The van der Waals surface area contributed by atoms with Gasteiger partial charge in [0.15, 0.2) is 9.66 Å². The molecule has 0 bridgehead atoms. The van der Waals surface area contributed by atoms with Crippen LogP contribution in [0.4, 0.5) is 0 Å². The molecule has 34 heavy (non-hydrogen) atoms. The lowest BCUT2D eigenvalue weighted by Gasteiger charge is -2.20. The van der Waals surface area contributed by atoms with Gasteiger partial charge in [0.05, 0.1) is 18.1 Å². The zero-order valence-electron chi connectivity index (χ0n) is 21.0. The summed E-state index contributed by atoms with van der Waals surface area (Å²) in [5.74, 6) is 1.03. The molecule has 2 aromatic carbocycles. The van der Waals surface area contributed by atoms with Gasteiger partial charge in [0.2, 0.25) is 0 Å². The van der Waals surface area contributed by atoms with Crippen molar-refractivity contribution in [1.82, 2.24) is 19.1 Å². The molecule has 0 saturated heterocycles. The zero-order valence-corrected chi connectivity index (χ0v) is 23.2. The van der Waals surface area contributed by atoms with Gasteiger partial charge in [-0.25, -0.2) is 9.97 Å². The van der Waals surface area contributed by atoms with Crippen LogP contribution < -0.4 is 0 Å². The number of imidazole rings is 2. The summed E-state index contributed by atoms with van der Waals surface area (Å²) in [7, 11) is 0. The second-order valence-corrected chi connectivity index (χ2v) is 11.4. The molecule has 0 saturated carbocycles. The lowest BCUT2D eigenvalue weighted by atomic mass is 9.90. The number of halogens is 1. The monoisotopic (exact) mass is 568 g/mol. The van der Waals surface area contributed by atoms with Gasteiger partial charge < -0.3 is 9.13 Å². The quantitative estimate of drug-likeness (QED) is 0.142. The number of unbranched alkanes of at least 4 members (excludes halogenated alkanes) is 3. The van der Waals surface area contributed by atoms with E-state index < -0.39 is 0 Å². The standard InChI is InChI=1S/C29H37IN4/c1-5-6-7-10-17-34-26(21-32-28(34)30)27-31-20-25(33(27)18-11-16-29(2,3)4)24-15-14-22-12-8-9-13-23(22)19-24/h8-9,12-15,19-21H,5-7,10-11,16-18H2,1-4H3. The second-order valence-electron chi connectivity index (χ2n) is 10.5. The van der Waals surface area contributed by atoms with Crippen molar-refractivity contribution in [2.24, 2.45) is 5.41 Å². The number of hydrogen-bond donors (Lipinski definition) is 0. The molecule has 0 aliphatic rings. The van der Waals surface area contributed by atoms with E-state index in [-0.39, 0.29) is 0 Å². The fraction of sp³-hybridized carbons (Fsp3) is 0.448. The molecule has 2 heterocycles. The molecule has 4 rings (SSSR count). The van der Waals surface area contributed by atoms with Crippen molar-refractivity contribution >= 4 is 33.4 Å². The van der Waals surface area contributed by atoms with Crippen LogP contribution in [-0.2, 0) is 13.1 Å². The van der Waals surface area contributed by atoms with E-state index in [1.807, 2.05) is 6.20 Å². The van der Waals surface area contributed by atoms with Gasteiger partial charge in [-0.3, -0.25) is 0 Å². The van der Waals surface area contributed by atoms with Gasteiger partial charge in [0.25, 0.3) is 0 Å². The SMILES string of the molecule is CCCCCCn1c(-c2ncc(-c3ccc4ccccc4c3)n2CCCC(C)(C)C)cnc1I. The number of fused-ring (bicyclic) bond motifs is 1. The summed E-state index contributed by atoms with van der Waals surface area (Å²) >= 11 is 2.36. The molecule has 0 fully saturated rings. The van der Waals surface area contributed by atoms with Crippen LogP contribution in [0.2, 0.25) is 0 Å². The molecule has 180 valence electrons. The van der Waals surface area contributed by atoms with Crippen LogP contribution in [-0.4, -0.2) is 19.1 Å². The number of hydrogen-bond acceptors (Lipinski definition) is 2. The van der Waals surface area contributed by atoms with Crippen molar-refractivity contribution in [2.45, 2.75) is 79.3 Å². The molecule has 0 amide bonds. The van der Waals surface area contributed by atoms with Crippen molar-refractivity contribution in [3.8, 4) is 22.8 Å². The van der Waals surface area contributed by atoms with Crippen molar-refractivity contribution < 1.29 is 0 Å². The normalized spacial score (nSPS) is 12.0. The van der Waals surface area contributed by atoms with Crippen LogP contribution in [0.5, 0.6) is 0 Å². The Morgan fingerprint density at radius 3 is 2.29 bits per heavy atom. The van der Waals surface area contributed by atoms with Crippen LogP contribution in [0.3, 0.4) is 0 Å².